The maximum atomic E-state index is 6.22. The molecule has 0 bridgehead atoms. The van der Waals surface area contributed by atoms with Crippen LogP contribution >= 0.6 is 0 Å². The highest BCUT2D eigenvalue weighted by molar-refractivity contribution is 5.26. The molecule has 6 heteroatoms. The third-order valence-electron chi connectivity index (χ3n) is 2.97. The molecule has 0 aromatic carbocycles. The van der Waals surface area contributed by atoms with Crippen LogP contribution in [0.15, 0.2) is 10.7 Å². The van der Waals surface area contributed by atoms with Gasteiger partial charge in [-0.15, -0.1) is 0 Å². The molecule has 6 nitrogen and oxygen atoms in total. The molecular formula is C13H21N5O. The fourth-order valence-corrected chi connectivity index (χ4v) is 1.89. The minimum Gasteiger partial charge on any atom is -0.339 e. The van der Waals surface area contributed by atoms with Gasteiger partial charge in [0.15, 0.2) is 5.82 Å². The van der Waals surface area contributed by atoms with Gasteiger partial charge in [-0.05, 0) is 6.42 Å². The van der Waals surface area contributed by atoms with Crippen LogP contribution < -0.4 is 5.73 Å². The second-order valence-corrected chi connectivity index (χ2v) is 5.74. The molecule has 0 fully saturated rings. The van der Waals surface area contributed by atoms with Crippen molar-refractivity contribution < 1.29 is 4.52 Å². The van der Waals surface area contributed by atoms with E-state index in [1.165, 1.54) is 0 Å². The summed E-state index contributed by atoms with van der Waals surface area (Å²) in [6, 6.07) is -0.400. The SMILES string of the molecule is CCc1nn(C)cc1C(N)c1noc(C(C)(C)C)n1. The molecule has 0 saturated heterocycles. The van der Waals surface area contributed by atoms with E-state index >= 15 is 0 Å². The summed E-state index contributed by atoms with van der Waals surface area (Å²) in [4.78, 5) is 4.40. The number of aromatic nitrogens is 4. The second-order valence-electron chi connectivity index (χ2n) is 5.74. The van der Waals surface area contributed by atoms with E-state index in [2.05, 4.69) is 22.2 Å². The van der Waals surface area contributed by atoms with Crippen LogP contribution in [0.1, 0.15) is 56.7 Å². The highest BCUT2D eigenvalue weighted by atomic mass is 16.5. The van der Waals surface area contributed by atoms with Crippen LogP contribution in [-0.2, 0) is 18.9 Å². The van der Waals surface area contributed by atoms with Crippen molar-refractivity contribution in [2.24, 2.45) is 12.8 Å². The van der Waals surface area contributed by atoms with Crippen LogP contribution in [-0.4, -0.2) is 19.9 Å². The molecule has 1 unspecified atom stereocenters. The van der Waals surface area contributed by atoms with Crippen molar-refractivity contribution in [1.29, 1.82) is 0 Å². The van der Waals surface area contributed by atoms with Gasteiger partial charge in [0.1, 0.15) is 0 Å². The molecule has 0 amide bonds. The smallest absolute Gasteiger partial charge is 0.232 e. The van der Waals surface area contributed by atoms with E-state index in [-0.39, 0.29) is 5.41 Å². The summed E-state index contributed by atoms with van der Waals surface area (Å²) < 4.78 is 7.05. The molecule has 104 valence electrons. The third kappa shape index (κ3) is 2.68. The summed E-state index contributed by atoms with van der Waals surface area (Å²) >= 11 is 0. The first-order valence-electron chi connectivity index (χ1n) is 6.45. The zero-order valence-corrected chi connectivity index (χ0v) is 12.1. The van der Waals surface area contributed by atoms with E-state index in [0.29, 0.717) is 11.7 Å². The molecule has 19 heavy (non-hydrogen) atoms. The summed E-state index contributed by atoms with van der Waals surface area (Å²) in [5.41, 5.74) is 7.97. The summed E-state index contributed by atoms with van der Waals surface area (Å²) in [5, 5.41) is 8.38. The minimum atomic E-state index is -0.400. The zero-order valence-electron chi connectivity index (χ0n) is 12.1. The molecule has 2 N–H and O–H groups in total. The first-order chi connectivity index (χ1) is 8.82. The van der Waals surface area contributed by atoms with Gasteiger partial charge in [0.2, 0.25) is 5.89 Å². The predicted molar refractivity (Wildman–Crippen MR) is 71.6 cm³/mol. The fourth-order valence-electron chi connectivity index (χ4n) is 1.89. The maximum Gasteiger partial charge on any atom is 0.232 e. The quantitative estimate of drug-likeness (QED) is 0.911. The maximum absolute atomic E-state index is 6.22. The van der Waals surface area contributed by atoms with Crippen LogP contribution in [0, 0.1) is 0 Å². The number of hydrogen-bond donors (Lipinski definition) is 1. The van der Waals surface area contributed by atoms with Crippen molar-refractivity contribution in [2.45, 2.75) is 45.6 Å². The summed E-state index contributed by atoms with van der Waals surface area (Å²) in [6.07, 6.45) is 2.74. The Morgan fingerprint density at radius 1 is 1.42 bits per heavy atom. The molecular weight excluding hydrogens is 242 g/mol. The van der Waals surface area contributed by atoms with E-state index in [9.17, 15) is 0 Å². The standard InChI is InChI=1S/C13H21N5O/c1-6-9-8(7-18(5)16-9)10(14)11-15-12(19-17-11)13(2,3)4/h7,10H,6,14H2,1-5H3. The lowest BCUT2D eigenvalue weighted by atomic mass is 9.97. The zero-order chi connectivity index (χ0) is 14.2. The molecule has 2 aromatic rings. The fraction of sp³-hybridized carbons (Fsp3) is 0.615. The molecule has 2 heterocycles. The normalized spacial score (nSPS) is 13.8. The van der Waals surface area contributed by atoms with Gasteiger partial charge in [0.05, 0.1) is 11.7 Å². The molecule has 2 aromatic heterocycles. The summed E-state index contributed by atoms with van der Waals surface area (Å²) in [6.45, 7) is 8.13. The largest absolute Gasteiger partial charge is 0.339 e. The number of nitrogens with zero attached hydrogens (tertiary/aromatic N) is 4. The monoisotopic (exact) mass is 263 g/mol. The van der Waals surface area contributed by atoms with Crippen LogP contribution in [0.2, 0.25) is 0 Å². The lowest BCUT2D eigenvalue weighted by molar-refractivity contribution is 0.317. The molecule has 0 aliphatic heterocycles. The Balaban J connectivity index is 2.33. The third-order valence-corrected chi connectivity index (χ3v) is 2.97. The van der Waals surface area contributed by atoms with Crippen molar-refractivity contribution in [1.82, 2.24) is 19.9 Å². The molecule has 0 spiro atoms. The van der Waals surface area contributed by atoms with Crippen molar-refractivity contribution in [3.05, 3.63) is 29.2 Å². The second kappa shape index (κ2) is 4.77. The topological polar surface area (TPSA) is 82.8 Å². The highest BCUT2D eigenvalue weighted by Gasteiger charge is 2.26. The number of rotatable bonds is 3. The summed E-state index contributed by atoms with van der Waals surface area (Å²) in [7, 11) is 1.88. The first kappa shape index (κ1) is 13.7. The summed E-state index contributed by atoms with van der Waals surface area (Å²) in [5.74, 6) is 1.10. The predicted octanol–water partition coefficient (Wildman–Crippen LogP) is 1.71. The highest BCUT2D eigenvalue weighted by Crippen LogP contribution is 2.24. The first-order valence-corrected chi connectivity index (χ1v) is 6.45. The van der Waals surface area contributed by atoms with Crippen LogP contribution in [0.4, 0.5) is 0 Å². The van der Waals surface area contributed by atoms with Crippen LogP contribution in [0.5, 0.6) is 0 Å². The molecule has 0 aliphatic carbocycles. The molecule has 0 saturated carbocycles. The molecule has 0 radical (unpaired) electrons. The lowest BCUT2D eigenvalue weighted by Gasteiger charge is -2.11. The number of nitrogens with two attached hydrogens (primary N) is 1. The van der Waals surface area contributed by atoms with Gasteiger partial charge in [-0.2, -0.15) is 10.1 Å². The molecule has 1 atom stereocenters. The van der Waals surface area contributed by atoms with Gasteiger partial charge in [-0.25, -0.2) is 0 Å². The van der Waals surface area contributed by atoms with Crippen molar-refractivity contribution >= 4 is 0 Å². The van der Waals surface area contributed by atoms with Gasteiger partial charge in [0.25, 0.3) is 0 Å². The van der Waals surface area contributed by atoms with Gasteiger partial charge in [-0.1, -0.05) is 32.9 Å². The number of hydrogen-bond acceptors (Lipinski definition) is 5. The molecule has 0 aliphatic rings. The van der Waals surface area contributed by atoms with Crippen molar-refractivity contribution in [3.63, 3.8) is 0 Å². The van der Waals surface area contributed by atoms with Gasteiger partial charge in [0, 0.05) is 24.2 Å². The average Bonchev–Trinajstić information content (AvgIpc) is 2.93. The van der Waals surface area contributed by atoms with Crippen molar-refractivity contribution in [2.75, 3.05) is 0 Å². The van der Waals surface area contributed by atoms with Gasteiger partial charge < -0.3 is 10.3 Å². The minimum absolute atomic E-state index is 0.173. The van der Waals surface area contributed by atoms with Crippen molar-refractivity contribution in [3.8, 4) is 0 Å². The Morgan fingerprint density at radius 2 is 2.11 bits per heavy atom. The van der Waals surface area contributed by atoms with Crippen LogP contribution in [0.25, 0.3) is 0 Å². The Labute approximate surface area is 113 Å². The van der Waals surface area contributed by atoms with E-state index < -0.39 is 6.04 Å². The Bertz CT molecular complexity index is 564. The Hall–Kier alpha value is -1.69. The van der Waals surface area contributed by atoms with E-state index in [0.717, 1.165) is 17.7 Å². The number of aryl methyl sites for hydroxylation is 2. The van der Waals surface area contributed by atoms with E-state index in [1.807, 2.05) is 34.0 Å². The lowest BCUT2D eigenvalue weighted by Crippen LogP contribution is -2.16. The van der Waals surface area contributed by atoms with E-state index in [4.69, 9.17) is 10.3 Å². The van der Waals surface area contributed by atoms with Gasteiger partial charge in [-0.3, -0.25) is 4.68 Å². The average molecular weight is 263 g/mol. The van der Waals surface area contributed by atoms with Gasteiger partial charge >= 0.3 is 0 Å². The molecule has 2 rings (SSSR count). The van der Waals surface area contributed by atoms with Crippen LogP contribution in [0.3, 0.4) is 0 Å². The van der Waals surface area contributed by atoms with E-state index in [1.54, 1.807) is 4.68 Å². The Kier molecular flexibility index (Phi) is 3.45. The Morgan fingerprint density at radius 3 is 2.63 bits per heavy atom.